The van der Waals surface area contributed by atoms with Gasteiger partial charge in [-0.25, -0.2) is 14.4 Å². The third-order valence-electron chi connectivity index (χ3n) is 10.4. The van der Waals surface area contributed by atoms with Gasteiger partial charge in [0.1, 0.15) is 12.1 Å². The van der Waals surface area contributed by atoms with Crippen molar-refractivity contribution in [2.45, 2.75) is 51.6 Å². The molecule has 13 heteroatoms. The number of nitrogens with one attached hydrogen (secondary N) is 2. The molecule has 2 aliphatic heterocycles. The molecule has 7 rings (SSSR count). The molecule has 6 amide bonds. The van der Waals surface area contributed by atoms with Gasteiger partial charge in [-0.05, 0) is 54.4 Å². The molecule has 0 aromatic heterocycles. The second kappa shape index (κ2) is 11.8. The van der Waals surface area contributed by atoms with E-state index >= 15 is 0 Å². The van der Waals surface area contributed by atoms with Crippen molar-refractivity contribution < 1.29 is 43.2 Å². The van der Waals surface area contributed by atoms with Crippen LogP contribution < -0.4 is 10.6 Å². The maximum Gasteiger partial charge on any atom is 0.355 e. The third-order valence-corrected chi connectivity index (χ3v) is 10.4. The summed E-state index contributed by atoms with van der Waals surface area (Å²) in [5, 5.41) is 6.10. The van der Waals surface area contributed by atoms with Crippen LogP contribution in [0.3, 0.4) is 0 Å². The van der Waals surface area contributed by atoms with Gasteiger partial charge in [0.05, 0.1) is 23.7 Å². The molecule has 0 radical (unpaired) electrons. The van der Waals surface area contributed by atoms with E-state index in [1.807, 2.05) is 38.2 Å². The highest BCUT2D eigenvalue weighted by molar-refractivity contribution is 6.07. The van der Waals surface area contributed by atoms with Crippen molar-refractivity contribution in [1.82, 2.24) is 20.8 Å². The van der Waals surface area contributed by atoms with Gasteiger partial charge in [0.25, 0.3) is 23.6 Å². The topological polar surface area (TPSA) is 168 Å². The highest BCUT2D eigenvalue weighted by Gasteiger charge is 2.62. The normalized spacial score (nSPS) is 32.2. The fourth-order valence-electron chi connectivity index (χ4n) is 8.32. The van der Waals surface area contributed by atoms with Crippen molar-refractivity contribution in [2.75, 3.05) is 0 Å². The van der Waals surface area contributed by atoms with Crippen molar-refractivity contribution in [3.8, 4) is 0 Å². The van der Waals surface area contributed by atoms with Gasteiger partial charge in [-0.2, -0.15) is 0 Å². The number of hydroxylamine groups is 4. The Labute approximate surface area is 270 Å². The first-order chi connectivity index (χ1) is 22.5. The molecule has 13 nitrogen and oxygen atoms in total. The van der Waals surface area contributed by atoms with E-state index in [-0.39, 0.29) is 42.4 Å². The summed E-state index contributed by atoms with van der Waals surface area (Å²) in [6.45, 7) is 3.63. The van der Waals surface area contributed by atoms with E-state index < -0.39 is 77.4 Å². The van der Waals surface area contributed by atoms with E-state index in [4.69, 9.17) is 9.68 Å². The fourth-order valence-corrected chi connectivity index (χ4v) is 8.32. The van der Waals surface area contributed by atoms with Crippen molar-refractivity contribution >= 4 is 41.6 Å². The van der Waals surface area contributed by atoms with Crippen molar-refractivity contribution in [3.63, 3.8) is 0 Å². The molecule has 0 spiro atoms. The lowest BCUT2D eigenvalue weighted by atomic mass is 9.85. The Balaban J connectivity index is 1.03. The van der Waals surface area contributed by atoms with E-state index in [0.717, 1.165) is 6.42 Å². The predicted octanol–water partition coefficient (Wildman–Crippen LogP) is 1.84. The van der Waals surface area contributed by atoms with Crippen LogP contribution in [0.25, 0.3) is 0 Å². The zero-order valence-electron chi connectivity index (χ0n) is 25.9. The second-order valence-electron chi connectivity index (χ2n) is 13.8. The number of rotatable bonds is 10. The number of urea groups is 1. The number of carbonyl (C=O) groups excluding carboxylic acids is 7. The number of imide groups is 2. The first kappa shape index (κ1) is 30.8. The molecule has 4 bridgehead atoms. The minimum absolute atomic E-state index is 0.0435. The summed E-state index contributed by atoms with van der Waals surface area (Å²) < 4.78 is 0. The van der Waals surface area contributed by atoms with Gasteiger partial charge in [0.15, 0.2) is 0 Å². The van der Waals surface area contributed by atoms with E-state index in [0.29, 0.717) is 22.1 Å². The average molecular weight is 645 g/mol. The second-order valence-corrected chi connectivity index (χ2v) is 13.8. The molecule has 10 unspecified atom stereocenters. The number of hydrogen-bond donors (Lipinski definition) is 2. The molecule has 6 aliphatic rings. The van der Waals surface area contributed by atoms with Crippen LogP contribution in [0.1, 0.15) is 38.7 Å². The van der Waals surface area contributed by atoms with Crippen LogP contribution in [0.4, 0.5) is 4.79 Å². The molecule has 2 saturated carbocycles. The zero-order valence-corrected chi connectivity index (χ0v) is 25.9. The Morgan fingerprint density at radius 2 is 1.09 bits per heavy atom. The molecule has 4 aliphatic carbocycles. The molecule has 1 aromatic rings. The number of amides is 6. The Bertz CT molecular complexity index is 1550. The summed E-state index contributed by atoms with van der Waals surface area (Å²) in [6.07, 6.45) is 9.19. The predicted molar refractivity (Wildman–Crippen MR) is 160 cm³/mol. The number of hydrogen-bond acceptors (Lipinski definition) is 9. The molecule has 1 aromatic carbocycles. The lowest BCUT2D eigenvalue weighted by Crippen LogP contribution is -2.54. The van der Waals surface area contributed by atoms with E-state index in [1.54, 1.807) is 30.3 Å². The quantitative estimate of drug-likeness (QED) is 0.285. The van der Waals surface area contributed by atoms with Gasteiger partial charge in [0, 0.05) is 6.42 Å². The zero-order chi connectivity index (χ0) is 33.1. The fraction of sp³-hybridized carbons (Fsp3) is 0.500. The van der Waals surface area contributed by atoms with Crippen LogP contribution in [0.5, 0.6) is 0 Å². The maximum absolute atomic E-state index is 13.5. The lowest BCUT2D eigenvalue weighted by Gasteiger charge is -2.24. The highest BCUT2D eigenvalue weighted by atomic mass is 16.7. The number of carbonyl (C=O) groups is 7. The number of benzene rings is 1. The van der Waals surface area contributed by atoms with Crippen LogP contribution in [0.2, 0.25) is 0 Å². The number of allylic oxidation sites excluding steroid dienone is 4. The first-order valence-corrected chi connectivity index (χ1v) is 16.2. The Morgan fingerprint density at radius 3 is 1.51 bits per heavy atom. The number of fused-ring (bicyclic) bond motifs is 10. The first-order valence-electron chi connectivity index (χ1n) is 16.2. The number of nitrogens with zero attached hydrogens (tertiary/aromatic N) is 2. The molecule has 4 fully saturated rings. The van der Waals surface area contributed by atoms with Gasteiger partial charge < -0.3 is 20.3 Å². The van der Waals surface area contributed by atoms with Crippen molar-refractivity contribution in [2.24, 2.45) is 53.3 Å². The van der Waals surface area contributed by atoms with Crippen molar-refractivity contribution in [3.05, 3.63) is 60.2 Å². The van der Waals surface area contributed by atoms with Crippen LogP contribution in [0, 0.1) is 53.3 Å². The summed E-state index contributed by atoms with van der Waals surface area (Å²) in [5.41, 5.74) is 0.658. The smallest absolute Gasteiger partial charge is 0.328 e. The monoisotopic (exact) mass is 644 g/mol. The van der Waals surface area contributed by atoms with Crippen molar-refractivity contribution in [1.29, 1.82) is 0 Å². The Hall–Kier alpha value is -4.81. The van der Waals surface area contributed by atoms with Gasteiger partial charge in [-0.1, -0.05) is 68.5 Å². The summed E-state index contributed by atoms with van der Waals surface area (Å²) in [5.74, 6) is -6.99. The van der Waals surface area contributed by atoms with Gasteiger partial charge in [0.2, 0.25) is 0 Å². The minimum atomic E-state index is -1.35. The Kier molecular flexibility index (Phi) is 7.72. The van der Waals surface area contributed by atoms with Crippen LogP contribution in [0.15, 0.2) is 54.6 Å². The molecule has 2 N–H and O–H groups in total. The molecule has 10 atom stereocenters. The van der Waals surface area contributed by atoms with Crippen LogP contribution in [-0.2, 0) is 44.9 Å². The van der Waals surface area contributed by atoms with E-state index in [1.165, 1.54) is 0 Å². The van der Waals surface area contributed by atoms with Crippen LogP contribution in [-0.4, -0.2) is 63.8 Å². The van der Waals surface area contributed by atoms with Gasteiger partial charge in [-0.15, -0.1) is 10.1 Å². The molecular weight excluding hydrogens is 608 g/mol. The highest BCUT2D eigenvalue weighted by Crippen LogP contribution is 2.53. The summed E-state index contributed by atoms with van der Waals surface area (Å²) in [7, 11) is 0. The van der Waals surface area contributed by atoms with Crippen LogP contribution >= 0.6 is 0 Å². The standard InChI is InChI=1S/C34H36N4O9/c1-16(2)12-22(32(43)46-37-28(39)24-18-8-9-19(14-18)25(24)29(37)40)35-34(45)36-23(13-17-6-4-3-5-7-17)33(44)47-38-30(41)26-20-10-11-21(15-20)27(26)31(38)42/h3-11,16,18-27H,12-15H2,1-2H3,(H2,35,36,45). The van der Waals surface area contributed by atoms with E-state index in [9.17, 15) is 33.6 Å². The molecule has 2 heterocycles. The molecule has 246 valence electrons. The maximum atomic E-state index is 13.5. The minimum Gasteiger partial charge on any atom is -0.328 e. The molecular formula is C34H36N4O9. The van der Waals surface area contributed by atoms with Gasteiger partial charge in [-0.3, -0.25) is 19.2 Å². The van der Waals surface area contributed by atoms with Gasteiger partial charge >= 0.3 is 18.0 Å². The largest absolute Gasteiger partial charge is 0.355 e. The van der Waals surface area contributed by atoms with E-state index in [2.05, 4.69) is 10.6 Å². The summed E-state index contributed by atoms with van der Waals surface area (Å²) in [4.78, 5) is 103. The average Bonchev–Trinajstić information content (AvgIpc) is 3.89. The third kappa shape index (κ3) is 5.31. The summed E-state index contributed by atoms with van der Waals surface area (Å²) >= 11 is 0. The summed E-state index contributed by atoms with van der Waals surface area (Å²) in [6, 6.07) is 5.20. The molecule has 47 heavy (non-hydrogen) atoms. The Morgan fingerprint density at radius 1 is 0.681 bits per heavy atom. The molecule has 2 saturated heterocycles. The SMILES string of the molecule is CC(C)CC(NC(=O)NC(Cc1ccccc1)C(=O)ON1C(=O)C2C3C=CC(C3)C2C1=O)C(=O)ON1C(=O)C2C3C=CC(C3)C2C1=O. The lowest BCUT2D eigenvalue weighted by molar-refractivity contribution is -0.201.